The second-order valence-corrected chi connectivity index (χ2v) is 6.04. The lowest BCUT2D eigenvalue weighted by Crippen LogP contribution is -2.48. The Labute approximate surface area is 114 Å². The van der Waals surface area contributed by atoms with Gasteiger partial charge in [-0.05, 0) is 45.4 Å². The molecule has 5 heteroatoms. The molecule has 0 aromatic rings. The summed E-state index contributed by atoms with van der Waals surface area (Å²) in [6, 6.07) is 0.483. The molecule has 0 aliphatic heterocycles. The number of carbonyl (C=O) groups is 2. The fraction of sp³-hybridized carbons (Fsp3) is 0.857. The summed E-state index contributed by atoms with van der Waals surface area (Å²) in [6.45, 7) is 5.06. The molecule has 19 heavy (non-hydrogen) atoms. The first-order chi connectivity index (χ1) is 8.99. The summed E-state index contributed by atoms with van der Waals surface area (Å²) in [4.78, 5) is 27.0. The van der Waals surface area contributed by atoms with Gasteiger partial charge in [0.25, 0.3) is 0 Å². The number of carboxylic acids is 1. The van der Waals surface area contributed by atoms with Gasteiger partial charge in [-0.3, -0.25) is 4.79 Å². The minimum atomic E-state index is -0.849. The maximum absolute atomic E-state index is 12.6. The van der Waals surface area contributed by atoms with Crippen LogP contribution in [0.15, 0.2) is 0 Å². The van der Waals surface area contributed by atoms with Gasteiger partial charge in [0.05, 0.1) is 6.42 Å². The average molecular weight is 268 g/mol. The van der Waals surface area contributed by atoms with E-state index in [0.717, 1.165) is 19.4 Å². The van der Waals surface area contributed by atoms with Crippen LogP contribution in [0, 0.1) is 5.92 Å². The molecule has 5 nitrogen and oxygen atoms in total. The van der Waals surface area contributed by atoms with Gasteiger partial charge in [-0.1, -0.05) is 0 Å². The van der Waals surface area contributed by atoms with Crippen LogP contribution in [0.4, 0.5) is 4.79 Å². The van der Waals surface area contributed by atoms with Crippen molar-refractivity contribution in [1.82, 2.24) is 9.80 Å². The molecule has 0 aromatic heterocycles. The minimum Gasteiger partial charge on any atom is -0.481 e. The Hall–Kier alpha value is -1.26. The van der Waals surface area contributed by atoms with Gasteiger partial charge in [-0.2, -0.15) is 0 Å². The number of nitrogens with zero attached hydrogens (tertiary/aromatic N) is 2. The summed E-state index contributed by atoms with van der Waals surface area (Å²) in [6.07, 6.45) is 4.68. The normalized spacial score (nSPS) is 18.5. The van der Waals surface area contributed by atoms with Crippen molar-refractivity contribution in [2.24, 2.45) is 5.92 Å². The lowest BCUT2D eigenvalue weighted by Gasteiger charge is -2.33. The molecular formula is C14H24N2O3. The number of urea groups is 1. The second-order valence-electron chi connectivity index (χ2n) is 6.04. The first kappa shape index (κ1) is 14.2. The Morgan fingerprint density at radius 1 is 1.21 bits per heavy atom. The molecule has 0 bridgehead atoms. The van der Waals surface area contributed by atoms with E-state index in [2.05, 4.69) is 0 Å². The van der Waals surface area contributed by atoms with Crippen LogP contribution >= 0.6 is 0 Å². The summed E-state index contributed by atoms with van der Waals surface area (Å²) in [7, 11) is 0. The fourth-order valence-electron chi connectivity index (χ4n) is 2.30. The lowest BCUT2D eigenvalue weighted by molar-refractivity contribution is -0.137. The molecule has 0 aromatic carbocycles. The zero-order valence-electron chi connectivity index (χ0n) is 11.8. The van der Waals surface area contributed by atoms with Crippen LogP contribution in [0.2, 0.25) is 0 Å². The van der Waals surface area contributed by atoms with Crippen molar-refractivity contribution in [2.45, 2.75) is 58.0 Å². The van der Waals surface area contributed by atoms with Gasteiger partial charge in [0, 0.05) is 25.2 Å². The molecule has 2 rings (SSSR count). The zero-order valence-corrected chi connectivity index (χ0v) is 11.8. The first-order valence-electron chi connectivity index (χ1n) is 7.28. The summed E-state index contributed by atoms with van der Waals surface area (Å²) < 4.78 is 0. The Kier molecular flexibility index (Phi) is 4.32. The first-order valence-corrected chi connectivity index (χ1v) is 7.28. The quantitative estimate of drug-likeness (QED) is 0.769. The highest BCUT2D eigenvalue weighted by Crippen LogP contribution is 2.35. The maximum atomic E-state index is 12.6. The van der Waals surface area contributed by atoms with E-state index in [1.807, 2.05) is 18.7 Å². The van der Waals surface area contributed by atoms with Crippen LogP contribution in [0.1, 0.15) is 46.0 Å². The smallest absolute Gasteiger partial charge is 0.320 e. The van der Waals surface area contributed by atoms with E-state index in [0.29, 0.717) is 18.5 Å². The number of carboxylic acid groups (broad SMARTS) is 1. The Morgan fingerprint density at radius 3 is 2.26 bits per heavy atom. The Morgan fingerprint density at radius 2 is 1.84 bits per heavy atom. The van der Waals surface area contributed by atoms with Crippen molar-refractivity contribution in [3.8, 4) is 0 Å². The van der Waals surface area contributed by atoms with E-state index in [9.17, 15) is 9.59 Å². The van der Waals surface area contributed by atoms with Crippen molar-refractivity contribution in [2.75, 3.05) is 13.1 Å². The van der Waals surface area contributed by atoms with Crippen LogP contribution in [0.5, 0.6) is 0 Å². The van der Waals surface area contributed by atoms with E-state index >= 15 is 0 Å². The molecule has 2 fully saturated rings. The zero-order chi connectivity index (χ0) is 14.0. The van der Waals surface area contributed by atoms with Crippen LogP contribution in [0.3, 0.4) is 0 Å². The maximum Gasteiger partial charge on any atom is 0.320 e. The molecule has 2 aliphatic rings. The molecule has 0 atom stereocenters. The lowest BCUT2D eigenvalue weighted by atomic mass is 10.3. The van der Waals surface area contributed by atoms with Crippen LogP contribution in [-0.4, -0.2) is 52.1 Å². The van der Waals surface area contributed by atoms with Gasteiger partial charge in [0.15, 0.2) is 0 Å². The van der Waals surface area contributed by atoms with Gasteiger partial charge in [0.2, 0.25) is 0 Å². The summed E-state index contributed by atoms with van der Waals surface area (Å²) in [5.74, 6) is -0.170. The van der Waals surface area contributed by atoms with Crippen molar-refractivity contribution >= 4 is 12.0 Å². The van der Waals surface area contributed by atoms with Crippen molar-refractivity contribution < 1.29 is 14.7 Å². The number of carbonyl (C=O) groups excluding carboxylic acids is 1. The topological polar surface area (TPSA) is 60.9 Å². The standard InChI is InChI=1S/C14H24N2O3/c1-10(2)15(8-7-13(17)18)14(19)16(12-5-6-12)9-11-3-4-11/h10-12H,3-9H2,1-2H3,(H,17,18). The summed E-state index contributed by atoms with van der Waals surface area (Å²) in [5, 5.41) is 8.79. The molecule has 2 saturated carbocycles. The molecular weight excluding hydrogens is 244 g/mol. The predicted octanol–water partition coefficient (Wildman–Crippen LogP) is 2.17. The Balaban J connectivity index is 1.96. The van der Waals surface area contributed by atoms with Crippen LogP contribution in [0.25, 0.3) is 0 Å². The molecule has 2 amide bonds. The second kappa shape index (κ2) is 5.80. The highest BCUT2D eigenvalue weighted by atomic mass is 16.4. The highest BCUT2D eigenvalue weighted by Gasteiger charge is 2.38. The van der Waals surface area contributed by atoms with E-state index in [1.54, 1.807) is 4.90 Å². The molecule has 0 unspecified atom stereocenters. The molecule has 0 radical (unpaired) electrons. The molecule has 2 aliphatic carbocycles. The average Bonchev–Trinajstić information content (AvgIpc) is 3.17. The molecule has 1 N–H and O–H groups in total. The van der Waals surface area contributed by atoms with Crippen LogP contribution < -0.4 is 0 Å². The monoisotopic (exact) mass is 268 g/mol. The van der Waals surface area contributed by atoms with Gasteiger partial charge >= 0.3 is 12.0 Å². The molecule has 0 saturated heterocycles. The van der Waals surface area contributed by atoms with E-state index in [-0.39, 0.29) is 18.5 Å². The van der Waals surface area contributed by atoms with Gasteiger partial charge in [-0.25, -0.2) is 4.79 Å². The van der Waals surface area contributed by atoms with E-state index in [4.69, 9.17) is 5.11 Å². The van der Waals surface area contributed by atoms with Gasteiger partial charge < -0.3 is 14.9 Å². The third kappa shape index (κ3) is 4.11. The fourth-order valence-corrected chi connectivity index (χ4v) is 2.30. The van der Waals surface area contributed by atoms with E-state index < -0.39 is 5.97 Å². The van der Waals surface area contributed by atoms with Crippen molar-refractivity contribution in [3.63, 3.8) is 0 Å². The SMILES string of the molecule is CC(C)N(CCC(=O)O)C(=O)N(CC1CC1)C1CC1. The number of hydrogen-bond donors (Lipinski definition) is 1. The van der Waals surface area contributed by atoms with Crippen molar-refractivity contribution in [3.05, 3.63) is 0 Å². The van der Waals surface area contributed by atoms with Crippen molar-refractivity contribution in [1.29, 1.82) is 0 Å². The summed E-state index contributed by atoms with van der Waals surface area (Å²) >= 11 is 0. The van der Waals surface area contributed by atoms with Crippen LogP contribution in [-0.2, 0) is 4.79 Å². The summed E-state index contributed by atoms with van der Waals surface area (Å²) in [5.41, 5.74) is 0. The van der Waals surface area contributed by atoms with E-state index in [1.165, 1.54) is 12.8 Å². The molecule has 108 valence electrons. The third-order valence-corrected chi connectivity index (χ3v) is 3.82. The number of amides is 2. The largest absolute Gasteiger partial charge is 0.481 e. The Bertz CT molecular complexity index is 349. The number of aliphatic carboxylic acids is 1. The highest BCUT2D eigenvalue weighted by molar-refractivity contribution is 5.76. The third-order valence-electron chi connectivity index (χ3n) is 3.82. The molecule has 0 heterocycles. The minimum absolute atomic E-state index is 0.0197. The molecule has 0 spiro atoms. The number of rotatable bonds is 7. The predicted molar refractivity (Wildman–Crippen MR) is 71.9 cm³/mol. The van der Waals surface area contributed by atoms with Gasteiger partial charge in [0.1, 0.15) is 0 Å². The van der Waals surface area contributed by atoms with Gasteiger partial charge in [-0.15, -0.1) is 0 Å². The number of hydrogen-bond acceptors (Lipinski definition) is 2.